The molecule has 2 heteroatoms. The number of hydrogen-bond donors (Lipinski definition) is 0. The number of pyridine rings is 1. The lowest BCUT2D eigenvalue weighted by molar-refractivity contribution is 1.01. The van der Waals surface area contributed by atoms with E-state index in [1.165, 1.54) is 24.1 Å². The largest absolute Gasteiger partial charge is 0.241 e. The summed E-state index contributed by atoms with van der Waals surface area (Å²) in [6, 6.07) is 4.02. The number of halogens is 1. The monoisotopic (exact) mass is 167 g/mol. The van der Waals surface area contributed by atoms with Gasteiger partial charge in [0.1, 0.15) is 5.15 Å². The predicted molar refractivity (Wildman–Crippen MR) is 46.0 cm³/mol. The molecule has 1 fully saturated rings. The third-order valence-electron chi connectivity index (χ3n) is 1.95. The SMILES string of the molecule is Cc1cc(Cl)nc(C2CC2)c1. The van der Waals surface area contributed by atoms with Crippen LogP contribution in [0.3, 0.4) is 0 Å². The van der Waals surface area contributed by atoms with E-state index in [0.29, 0.717) is 11.1 Å². The smallest absolute Gasteiger partial charge is 0.129 e. The number of rotatable bonds is 1. The summed E-state index contributed by atoms with van der Waals surface area (Å²) in [4.78, 5) is 4.26. The molecule has 1 aliphatic rings. The first-order valence-corrected chi connectivity index (χ1v) is 4.27. The lowest BCUT2D eigenvalue weighted by atomic mass is 10.2. The molecule has 1 heterocycles. The van der Waals surface area contributed by atoms with Crippen LogP contribution in [0.4, 0.5) is 0 Å². The van der Waals surface area contributed by atoms with Crippen molar-refractivity contribution < 1.29 is 0 Å². The van der Waals surface area contributed by atoms with Gasteiger partial charge in [0.2, 0.25) is 0 Å². The standard InChI is InChI=1S/C9H10ClN/c1-6-4-8(7-2-3-7)11-9(10)5-6/h4-5,7H,2-3H2,1H3. The Balaban J connectivity index is 2.39. The maximum Gasteiger partial charge on any atom is 0.129 e. The summed E-state index contributed by atoms with van der Waals surface area (Å²) >= 11 is 5.81. The highest BCUT2D eigenvalue weighted by atomic mass is 35.5. The van der Waals surface area contributed by atoms with Crippen molar-refractivity contribution in [2.24, 2.45) is 0 Å². The van der Waals surface area contributed by atoms with Crippen molar-refractivity contribution in [1.82, 2.24) is 4.98 Å². The summed E-state index contributed by atoms with van der Waals surface area (Å²) in [5, 5.41) is 0.631. The molecule has 1 aromatic heterocycles. The van der Waals surface area contributed by atoms with Crippen LogP contribution in [0.1, 0.15) is 30.0 Å². The average Bonchev–Trinajstić information content (AvgIpc) is 2.64. The minimum absolute atomic E-state index is 0.631. The third-order valence-corrected chi connectivity index (χ3v) is 2.15. The first kappa shape index (κ1) is 7.11. The Labute approximate surface area is 71.4 Å². The molecule has 0 saturated heterocycles. The van der Waals surface area contributed by atoms with Gasteiger partial charge in [-0.05, 0) is 37.5 Å². The van der Waals surface area contributed by atoms with E-state index >= 15 is 0 Å². The Morgan fingerprint density at radius 3 is 2.73 bits per heavy atom. The summed E-state index contributed by atoms with van der Waals surface area (Å²) in [6.45, 7) is 2.06. The number of hydrogen-bond acceptors (Lipinski definition) is 1. The topological polar surface area (TPSA) is 12.9 Å². The highest BCUT2D eigenvalue weighted by Gasteiger charge is 2.25. The third kappa shape index (κ3) is 1.54. The second-order valence-corrected chi connectivity index (χ2v) is 3.55. The van der Waals surface area contributed by atoms with Gasteiger partial charge in [0.25, 0.3) is 0 Å². The van der Waals surface area contributed by atoms with E-state index in [4.69, 9.17) is 11.6 Å². The van der Waals surface area contributed by atoms with Crippen LogP contribution >= 0.6 is 11.6 Å². The molecule has 58 valence electrons. The molecular weight excluding hydrogens is 158 g/mol. The van der Waals surface area contributed by atoms with Gasteiger partial charge in [0.15, 0.2) is 0 Å². The Kier molecular flexibility index (Phi) is 1.61. The van der Waals surface area contributed by atoms with Gasteiger partial charge in [0, 0.05) is 11.6 Å². The first-order valence-electron chi connectivity index (χ1n) is 3.90. The molecule has 0 amide bonds. The summed E-state index contributed by atoms with van der Waals surface area (Å²) in [5.41, 5.74) is 2.39. The van der Waals surface area contributed by atoms with E-state index in [1.54, 1.807) is 0 Å². The summed E-state index contributed by atoms with van der Waals surface area (Å²) in [6.07, 6.45) is 2.57. The van der Waals surface area contributed by atoms with Crippen LogP contribution in [0.25, 0.3) is 0 Å². The Hall–Kier alpha value is -0.560. The van der Waals surface area contributed by atoms with Gasteiger partial charge in [-0.25, -0.2) is 4.98 Å². The first-order chi connectivity index (χ1) is 5.25. The zero-order valence-corrected chi connectivity index (χ0v) is 7.23. The highest BCUT2D eigenvalue weighted by molar-refractivity contribution is 6.29. The van der Waals surface area contributed by atoms with Crippen LogP contribution in [-0.4, -0.2) is 4.98 Å². The second-order valence-electron chi connectivity index (χ2n) is 3.17. The number of nitrogens with zero attached hydrogens (tertiary/aromatic N) is 1. The van der Waals surface area contributed by atoms with Crippen LogP contribution in [0.15, 0.2) is 12.1 Å². The lowest BCUT2D eigenvalue weighted by Gasteiger charge is -1.99. The molecule has 0 N–H and O–H groups in total. The predicted octanol–water partition coefficient (Wildman–Crippen LogP) is 2.92. The van der Waals surface area contributed by atoms with Crippen molar-refractivity contribution in [2.45, 2.75) is 25.7 Å². The van der Waals surface area contributed by atoms with Gasteiger partial charge in [-0.2, -0.15) is 0 Å². The average molecular weight is 168 g/mol. The van der Waals surface area contributed by atoms with Gasteiger partial charge in [-0.15, -0.1) is 0 Å². The molecule has 0 spiro atoms. The molecule has 0 unspecified atom stereocenters. The molecule has 0 aromatic carbocycles. The van der Waals surface area contributed by atoms with Crippen molar-refractivity contribution in [2.75, 3.05) is 0 Å². The lowest BCUT2D eigenvalue weighted by Crippen LogP contribution is -1.87. The maximum absolute atomic E-state index is 5.81. The minimum Gasteiger partial charge on any atom is -0.241 e. The van der Waals surface area contributed by atoms with Gasteiger partial charge in [0.05, 0.1) is 0 Å². The van der Waals surface area contributed by atoms with Crippen molar-refractivity contribution >= 4 is 11.6 Å². The van der Waals surface area contributed by atoms with E-state index in [9.17, 15) is 0 Å². The van der Waals surface area contributed by atoms with E-state index < -0.39 is 0 Å². The molecule has 0 radical (unpaired) electrons. The van der Waals surface area contributed by atoms with Gasteiger partial charge < -0.3 is 0 Å². The zero-order valence-electron chi connectivity index (χ0n) is 6.47. The van der Waals surface area contributed by atoms with Crippen LogP contribution in [0, 0.1) is 6.92 Å². The fourth-order valence-electron chi connectivity index (χ4n) is 1.24. The zero-order chi connectivity index (χ0) is 7.84. The van der Waals surface area contributed by atoms with E-state index in [-0.39, 0.29) is 0 Å². The van der Waals surface area contributed by atoms with Crippen molar-refractivity contribution in [1.29, 1.82) is 0 Å². The Morgan fingerprint density at radius 2 is 2.18 bits per heavy atom. The Bertz CT molecular complexity index is 259. The van der Waals surface area contributed by atoms with E-state index in [1.807, 2.05) is 6.07 Å². The summed E-state index contributed by atoms with van der Waals surface area (Å²) < 4.78 is 0. The molecule has 0 atom stereocenters. The van der Waals surface area contributed by atoms with Crippen molar-refractivity contribution in [3.63, 3.8) is 0 Å². The molecule has 11 heavy (non-hydrogen) atoms. The minimum atomic E-state index is 0.631. The van der Waals surface area contributed by atoms with Crippen LogP contribution in [0.5, 0.6) is 0 Å². The normalized spacial score (nSPS) is 16.9. The van der Waals surface area contributed by atoms with Crippen molar-refractivity contribution in [3.05, 3.63) is 28.5 Å². The number of aromatic nitrogens is 1. The fourth-order valence-corrected chi connectivity index (χ4v) is 1.51. The fraction of sp³-hybridized carbons (Fsp3) is 0.444. The van der Waals surface area contributed by atoms with Crippen molar-refractivity contribution in [3.8, 4) is 0 Å². The number of aryl methyl sites for hydroxylation is 1. The highest BCUT2D eigenvalue weighted by Crippen LogP contribution is 2.39. The summed E-state index contributed by atoms with van der Waals surface area (Å²) in [7, 11) is 0. The van der Waals surface area contributed by atoms with Crippen LogP contribution in [0.2, 0.25) is 5.15 Å². The van der Waals surface area contributed by atoms with E-state index in [0.717, 1.165) is 0 Å². The van der Waals surface area contributed by atoms with Gasteiger partial charge in [-0.1, -0.05) is 11.6 Å². The molecule has 1 aromatic rings. The molecular formula is C9H10ClN. The molecule has 0 bridgehead atoms. The van der Waals surface area contributed by atoms with Gasteiger partial charge >= 0.3 is 0 Å². The molecule has 0 aliphatic heterocycles. The quantitative estimate of drug-likeness (QED) is 0.587. The van der Waals surface area contributed by atoms with Gasteiger partial charge in [-0.3, -0.25) is 0 Å². The molecule has 1 nitrogen and oxygen atoms in total. The van der Waals surface area contributed by atoms with Crippen LogP contribution < -0.4 is 0 Å². The second kappa shape index (κ2) is 2.49. The maximum atomic E-state index is 5.81. The molecule has 1 aliphatic carbocycles. The van der Waals surface area contributed by atoms with E-state index in [2.05, 4.69) is 18.0 Å². The Morgan fingerprint density at radius 1 is 1.45 bits per heavy atom. The summed E-state index contributed by atoms with van der Waals surface area (Å²) in [5.74, 6) is 0.701. The molecule has 2 rings (SSSR count). The van der Waals surface area contributed by atoms with Crippen LogP contribution in [-0.2, 0) is 0 Å². The molecule has 1 saturated carbocycles.